The van der Waals surface area contributed by atoms with Crippen LogP contribution in [0, 0.1) is 0 Å². The fraction of sp³-hybridized carbons (Fsp3) is 0.571. The summed E-state index contributed by atoms with van der Waals surface area (Å²) in [6.45, 7) is 0.706. The maximum Gasteiger partial charge on any atom is 0.290 e. The van der Waals surface area contributed by atoms with Gasteiger partial charge in [0.05, 0.1) is 6.26 Å². The molecule has 1 aromatic rings. The van der Waals surface area contributed by atoms with Gasteiger partial charge < -0.3 is 14.2 Å². The molecule has 102 valence electrons. The van der Waals surface area contributed by atoms with Crippen LogP contribution in [0.25, 0.3) is 0 Å². The second-order valence-electron chi connectivity index (χ2n) is 5.40. The third-order valence-electron chi connectivity index (χ3n) is 4.23. The lowest BCUT2D eigenvalue weighted by Gasteiger charge is -2.22. The van der Waals surface area contributed by atoms with Crippen molar-refractivity contribution in [2.24, 2.45) is 0 Å². The maximum atomic E-state index is 12.5. The number of likely N-dealkylation sites (tertiary alicyclic amines) is 1. The summed E-state index contributed by atoms with van der Waals surface area (Å²) in [7, 11) is 3.46. The van der Waals surface area contributed by atoms with E-state index in [-0.39, 0.29) is 17.9 Å². The lowest BCUT2D eigenvalue weighted by Crippen LogP contribution is -2.42. The number of rotatable bonds is 2. The molecule has 1 unspecified atom stereocenters. The zero-order chi connectivity index (χ0) is 13.6. The predicted octanol–water partition coefficient (Wildman–Crippen LogP) is 1.07. The van der Waals surface area contributed by atoms with Crippen molar-refractivity contribution < 1.29 is 14.0 Å². The van der Waals surface area contributed by atoms with Gasteiger partial charge in [0.1, 0.15) is 6.04 Å². The molecule has 1 aliphatic heterocycles. The highest BCUT2D eigenvalue weighted by molar-refractivity contribution is 5.97. The minimum Gasteiger partial charge on any atom is -0.459 e. The summed E-state index contributed by atoms with van der Waals surface area (Å²) in [6, 6.07) is -0.348. The second kappa shape index (κ2) is 4.40. The Bertz CT molecular complexity index is 535. The molecule has 0 spiro atoms. The van der Waals surface area contributed by atoms with Crippen LogP contribution >= 0.6 is 0 Å². The number of carbonyl (C=O) groups excluding carboxylic acids is 2. The summed E-state index contributed by atoms with van der Waals surface area (Å²) in [5.41, 5.74) is 2.18. The highest BCUT2D eigenvalue weighted by atomic mass is 16.3. The molecule has 5 nitrogen and oxygen atoms in total. The van der Waals surface area contributed by atoms with Gasteiger partial charge in [0.2, 0.25) is 5.91 Å². The Morgan fingerprint density at radius 2 is 2.26 bits per heavy atom. The Morgan fingerprint density at radius 1 is 1.47 bits per heavy atom. The van der Waals surface area contributed by atoms with Crippen molar-refractivity contribution in [1.82, 2.24) is 9.80 Å². The van der Waals surface area contributed by atoms with E-state index in [2.05, 4.69) is 0 Å². The van der Waals surface area contributed by atoms with Crippen LogP contribution in [0.2, 0.25) is 0 Å². The minimum atomic E-state index is -0.348. The molecule has 1 aliphatic carbocycles. The van der Waals surface area contributed by atoms with Crippen molar-refractivity contribution in [3.05, 3.63) is 23.2 Å². The fourth-order valence-corrected chi connectivity index (χ4v) is 3.00. The number of amides is 2. The summed E-state index contributed by atoms with van der Waals surface area (Å²) in [4.78, 5) is 27.6. The first kappa shape index (κ1) is 12.3. The molecule has 3 rings (SSSR count). The number of aryl methyl sites for hydroxylation is 1. The normalized spacial score (nSPS) is 21.9. The van der Waals surface area contributed by atoms with Gasteiger partial charge in [-0.2, -0.15) is 0 Å². The van der Waals surface area contributed by atoms with Crippen LogP contribution in [0.5, 0.6) is 0 Å². The molecule has 0 saturated carbocycles. The summed E-state index contributed by atoms with van der Waals surface area (Å²) < 4.78 is 5.43. The molecule has 2 aliphatic rings. The molecule has 0 bridgehead atoms. The number of fused-ring (bicyclic) bond motifs is 1. The van der Waals surface area contributed by atoms with Crippen LogP contribution in [-0.2, 0) is 17.6 Å². The van der Waals surface area contributed by atoms with E-state index in [1.165, 1.54) is 4.90 Å². The second-order valence-corrected chi connectivity index (χ2v) is 5.40. The van der Waals surface area contributed by atoms with Gasteiger partial charge in [0, 0.05) is 26.2 Å². The highest BCUT2D eigenvalue weighted by Gasteiger charge is 2.36. The zero-order valence-corrected chi connectivity index (χ0v) is 11.3. The van der Waals surface area contributed by atoms with Crippen LogP contribution in [0.1, 0.15) is 34.5 Å². The largest absolute Gasteiger partial charge is 0.459 e. The van der Waals surface area contributed by atoms with Gasteiger partial charge in [-0.3, -0.25) is 9.59 Å². The molecule has 0 aromatic carbocycles. The maximum absolute atomic E-state index is 12.5. The Labute approximate surface area is 112 Å². The average molecular weight is 262 g/mol. The van der Waals surface area contributed by atoms with Crippen LogP contribution in [0.15, 0.2) is 10.7 Å². The molecular formula is C14H18N2O3. The number of likely N-dealkylation sites (N-methyl/N-ethyl adjacent to an activating group) is 2. The van der Waals surface area contributed by atoms with E-state index in [1.54, 1.807) is 25.3 Å². The number of furan rings is 1. The Morgan fingerprint density at radius 3 is 2.95 bits per heavy atom. The van der Waals surface area contributed by atoms with Crippen LogP contribution < -0.4 is 0 Å². The zero-order valence-electron chi connectivity index (χ0n) is 11.3. The fourth-order valence-electron chi connectivity index (χ4n) is 3.00. The monoisotopic (exact) mass is 262 g/mol. The van der Waals surface area contributed by atoms with Gasteiger partial charge in [0.15, 0.2) is 5.76 Å². The summed E-state index contributed by atoms with van der Waals surface area (Å²) in [6.07, 6.45) is 5.35. The Balaban J connectivity index is 1.82. The smallest absolute Gasteiger partial charge is 0.290 e. The van der Waals surface area contributed by atoms with Crippen molar-refractivity contribution >= 4 is 11.8 Å². The topological polar surface area (TPSA) is 53.8 Å². The number of carbonyl (C=O) groups is 2. The summed E-state index contributed by atoms with van der Waals surface area (Å²) in [5.74, 6) is 0.271. The van der Waals surface area contributed by atoms with Crippen molar-refractivity contribution in [1.29, 1.82) is 0 Å². The van der Waals surface area contributed by atoms with Crippen LogP contribution in [-0.4, -0.2) is 48.3 Å². The van der Waals surface area contributed by atoms with E-state index in [0.29, 0.717) is 18.7 Å². The lowest BCUT2D eigenvalue weighted by atomic mass is 10.1. The number of hydrogen-bond donors (Lipinski definition) is 0. The molecule has 2 heterocycles. The molecule has 1 fully saturated rings. The molecular weight excluding hydrogens is 244 g/mol. The van der Waals surface area contributed by atoms with E-state index < -0.39 is 0 Å². The van der Waals surface area contributed by atoms with Gasteiger partial charge >= 0.3 is 0 Å². The minimum absolute atomic E-state index is 0.0130. The summed E-state index contributed by atoms with van der Waals surface area (Å²) >= 11 is 0. The molecule has 1 aromatic heterocycles. The first-order valence-electron chi connectivity index (χ1n) is 6.71. The lowest BCUT2D eigenvalue weighted by molar-refractivity contribution is -0.130. The molecule has 1 atom stereocenters. The van der Waals surface area contributed by atoms with E-state index in [1.807, 2.05) is 0 Å². The Kier molecular flexibility index (Phi) is 2.84. The van der Waals surface area contributed by atoms with Gasteiger partial charge in [-0.05, 0) is 31.2 Å². The van der Waals surface area contributed by atoms with Crippen LogP contribution in [0.3, 0.4) is 0 Å². The first-order valence-corrected chi connectivity index (χ1v) is 6.71. The number of nitrogens with zero attached hydrogens (tertiary/aromatic N) is 2. The molecule has 2 amide bonds. The van der Waals surface area contributed by atoms with E-state index in [0.717, 1.165) is 30.4 Å². The molecule has 1 saturated heterocycles. The van der Waals surface area contributed by atoms with Gasteiger partial charge in [0.25, 0.3) is 5.91 Å². The van der Waals surface area contributed by atoms with Crippen LogP contribution in [0.4, 0.5) is 0 Å². The average Bonchev–Trinajstić information content (AvgIpc) is 3.05. The predicted molar refractivity (Wildman–Crippen MR) is 68.9 cm³/mol. The van der Waals surface area contributed by atoms with E-state index in [4.69, 9.17) is 4.42 Å². The van der Waals surface area contributed by atoms with E-state index in [9.17, 15) is 9.59 Å². The van der Waals surface area contributed by atoms with Crippen molar-refractivity contribution in [3.8, 4) is 0 Å². The SMILES string of the molecule is CN1CCC(N(C)C(=O)c2occ3c2CCC3)C1=O. The number of hydrogen-bond acceptors (Lipinski definition) is 3. The molecule has 19 heavy (non-hydrogen) atoms. The first-order chi connectivity index (χ1) is 9.09. The standard InChI is InChI=1S/C14H18N2O3/c1-15-7-6-11(13(15)17)16(2)14(18)12-10-5-3-4-9(10)8-19-12/h8,11H,3-7H2,1-2H3. The van der Waals surface area contributed by atoms with Crippen molar-refractivity contribution in [3.63, 3.8) is 0 Å². The highest BCUT2D eigenvalue weighted by Crippen LogP contribution is 2.28. The van der Waals surface area contributed by atoms with Crippen molar-refractivity contribution in [2.75, 3.05) is 20.6 Å². The molecule has 0 radical (unpaired) electrons. The quantitative estimate of drug-likeness (QED) is 0.801. The van der Waals surface area contributed by atoms with Crippen molar-refractivity contribution in [2.45, 2.75) is 31.7 Å². The third-order valence-corrected chi connectivity index (χ3v) is 4.23. The van der Waals surface area contributed by atoms with E-state index >= 15 is 0 Å². The third kappa shape index (κ3) is 1.84. The Hall–Kier alpha value is -1.78. The van der Waals surface area contributed by atoms with Gasteiger partial charge in [-0.1, -0.05) is 0 Å². The summed E-state index contributed by atoms with van der Waals surface area (Å²) in [5, 5.41) is 0. The molecule has 0 N–H and O–H groups in total. The molecule has 5 heteroatoms. The van der Waals surface area contributed by atoms with Gasteiger partial charge in [-0.15, -0.1) is 0 Å². The van der Waals surface area contributed by atoms with Gasteiger partial charge in [-0.25, -0.2) is 0 Å².